The summed E-state index contributed by atoms with van der Waals surface area (Å²) in [6.07, 6.45) is 7.95. The fourth-order valence-electron chi connectivity index (χ4n) is 4.42. The number of anilines is 1. The van der Waals surface area contributed by atoms with Crippen molar-refractivity contribution < 1.29 is 0 Å². The fourth-order valence-corrected chi connectivity index (χ4v) is 4.91. The maximum Gasteiger partial charge on any atom is 0.173 e. The Hall–Kier alpha value is -0.840. The van der Waals surface area contributed by atoms with Crippen LogP contribution in [0.25, 0.3) is 0 Å². The largest absolute Gasteiger partial charge is 0.349 e. The first-order chi connectivity index (χ1) is 12.0. The predicted molar refractivity (Wildman–Crippen MR) is 111 cm³/mol. The summed E-state index contributed by atoms with van der Waals surface area (Å²) in [5.74, 6) is 0.836. The lowest BCUT2D eigenvalue weighted by Crippen LogP contribution is -2.51. The van der Waals surface area contributed by atoms with E-state index in [2.05, 4.69) is 29.1 Å². The first kappa shape index (κ1) is 18.9. The molecule has 1 aliphatic heterocycles. The van der Waals surface area contributed by atoms with Crippen molar-refractivity contribution in [2.24, 2.45) is 5.92 Å². The summed E-state index contributed by atoms with van der Waals surface area (Å²) >= 11 is 11.7. The van der Waals surface area contributed by atoms with Gasteiger partial charge < -0.3 is 15.1 Å². The van der Waals surface area contributed by atoms with Gasteiger partial charge in [-0.3, -0.25) is 0 Å². The standard InChI is InChI=1S/C20H30ClN3S/c1-15-6-3-4-9-19(15)23(2)18-10-12-24(13-11-18)20(25)22-17-8-5-7-16(21)14-17/h5,7-8,14-15,18-19H,3-4,6,9-13H2,1-2H3,(H,22,25). The van der Waals surface area contributed by atoms with Crippen molar-refractivity contribution in [1.82, 2.24) is 9.80 Å². The van der Waals surface area contributed by atoms with Crippen molar-refractivity contribution in [3.05, 3.63) is 29.3 Å². The number of thiocarbonyl (C=S) groups is 1. The molecule has 1 saturated carbocycles. The first-order valence-corrected chi connectivity index (χ1v) is 10.4. The summed E-state index contributed by atoms with van der Waals surface area (Å²) in [7, 11) is 2.34. The Bertz CT molecular complexity index is 586. The zero-order valence-electron chi connectivity index (χ0n) is 15.4. The molecule has 2 fully saturated rings. The lowest BCUT2D eigenvalue weighted by molar-refractivity contribution is 0.0691. The molecular weight excluding hydrogens is 350 g/mol. The molecule has 2 unspecified atom stereocenters. The molecule has 1 aromatic rings. The number of nitrogens with one attached hydrogen (secondary N) is 1. The van der Waals surface area contributed by atoms with E-state index in [1.54, 1.807) is 0 Å². The number of hydrogen-bond acceptors (Lipinski definition) is 2. The highest BCUT2D eigenvalue weighted by atomic mass is 35.5. The second-order valence-corrected chi connectivity index (χ2v) is 8.48. The molecular formula is C20H30ClN3S. The average Bonchev–Trinajstić information content (AvgIpc) is 2.62. The zero-order valence-corrected chi connectivity index (χ0v) is 17.0. The van der Waals surface area contributed by atoms with Crippen LogP contribution in [0.1, 0.15) is 45.4 Å². The number of halogens is 1. The van der Waals surface area contributed by atoms with Crippen molar-refractivity contribution in [3.63, 3.8) is 0 Å². The molecule has 1 heterocycles. The van der Waals surface area contributed by atoms with Crippen LogP contribution in [0.3, 0.4) is 0 Å². The van der Waals surface area contributed by atoms with Gasteiger partial charge in [-0.25, -0.2) is 0 Å². The van der Waals surface area contributed by atoms with Crippen molar-refractivity contribution in [2.45, 2.75) is 57.5 Å². The van der Waals surface area contributed by atoms with Crippen molar-refractivity contribution in [3.8, 4) is 0 Å². The number of rotatable bonds is 3. The molecule has 2 aliphatic rings. The van der Waals surface area contributed by atoms with Gasteiger partial charge in [0.05, 0.1) is 0 Å². The van der Waals surface area contributed by atoms with Gasteiger partial charge in [0.1, 0.15) is 0 Å². The van der Waals surface area contributed by atoms with Gasteiger partial charge in [-0.2, -0.15) is 0 Å². The van der Waals surface area contributed by atoms with E-state index in [1.165, 1.54) is 38.5 Å². The van der Waals surface area contributed by atoms with Gasteiger partial charge in [0, 0.05) is 35.9 Å². The monoisotopic (exact) mass is 379 g/mol. The van der Waals surface area contributed by atoms with Crippen molar-refractivity contribution in [1.29, 1.82) is 0 Å². The fraction of sp³-hybridized carbons (Fsp3) is 0.650. The Balaban J connectivity index is 1.50. The minimum absolute atomic E-state index is 0.691. The van der Waals surface area contributed by atoms with Gasteiger partial charge in [-0.05, 0) is 69.1 Å². The molecule has 2 atom stereocenters. The smallest absolute Gasteiger partial charge is 0.173 e. The van der Waals surface area contributed by atoms with Gasteiger partial charge in [0.25, 0.3) is 0 Å². The normalized spacial score (nSPS) is 25.2. The summed E-state index contributed by atoms with van der Waals surface area (Å²) < 4.78 is 0. The molecule has 1 N–H and O–H groups in total. The van der Waals surface area contributed by atoms with Crippen molar-refractivity contribution >= 4 is 34.6 Å². The lowest BCUT2D eigenvalue weighted by Gasteiger charge is -2.44. The average molecular weight is 380 g/mol. The summed E-state index contributed by atoms with van der Waals surface area (Å²) in [4.78, 5) is 4.97. The third-order valence-electron chi connectivity index (χ3n) is 5.99. The predicted octanol–water partition coefficient (Wildman–Crippen LogP) is 5.01. The second kappa shape index (κ2) is 8.70. The molecule has 1 aliphatic carbocycles. The molecule has 3 rings (SSSR count). The number of benzene rings is 1. The van der Waals surface area contributed by atoms with E-state index in [0.717, 1.165) is 40.9 Å². The van der Waals surface area contributed by atoms with E-state index < -0.39 is 0 Å². The van der Waals surface area contributed by atoms with Gasteiger partial charge in [0.15, 0.2) is 5.11 Å². The van der Waals surface area contributed by atoms with Gasteiger partial charge in [-0.1, -0.05) is 37.4 Å². The van der Waals surface area contributed by atoms with Crippen molar-refractivity contribution in [2.75, 3.05) is 25.5 Å². The number of piperidine rings is 1. The molecule has 0 spiro atoms. The van der Waals surface area contributed by atoms with E-state index in [0.29, 0.717) is 6.04 Å². The highest BCUT2D eigenvalue weighted by Crippen LogP contribution is 2.30. The van der Waals surface area contributed by atoms with Crippen LogP contribution in [0.4, 0.5) is 5.69 Å². The summed E-state index contributed by atoms with van der Waals surface area (Å²) in [6.45, 7) is 4.49. The molecule has 3 nitrogen and oxygen atoms in total. The third-order valence-corrected chi connectivity index (χ3v) is 6.59. The van der Waals surface area contributed by atoms with E-state index in [4.69, 9.17) is 23.8 Å². The second-order valence-electron chi connectivity index (χ2n) is 7.65. The molecule has 5 heteroatoms. The van der Waals surface area contributed by atoms with Crippen LogP contribution in [0.15, 0.2) is 24.3 Å². The minimum atomic E-state index is 0.691. The Kier molecular flexibility index (Phi) is 6.59. The Labute approximate surface area is 162 Å². The van der Waals surface area contributed by atoms with Crippen LogP contribution >= 0.6 is 23.8 Å². The zero-order chi connectivity index (χ0) is 17.8. The molecule has 1 saturated heterocycles. The maximum absolute atomic E-state index is 6.05. The summed E-state index contributed by atoms with van der Waals surface area (Å²) in [5, 5.41) is 4.87. The first-order valence-electron chi connectivity index (χ1n) is 9.58. The van der Waals surface area contributed by atoms with E-state index >= 15 is 0 Å². The number of hydrogen-bond donors (Lipinski definition) is 1. The molecule has 138 valence electrons. The summed E-state index contributed by atoms with van der Waals surface area (Å²) in [6, 6.07) is 9.20. The maximum atomic E-state index is 6.05. The van der Waals surface area contributed by atoms with Crippen LogP contribution in [0, 0.1) is 5.92 Å². The van der Waals surface area contributed by atoms with Crippen LogP contribution in [-0.4, -0.2) is 47.1 Å². The van der Waals surface area contributed by atoms with E-state index in [9.17, 15) is 0 Å². The molecule has 1 aromatic carbocycles. The molecule has 0 aromatic heterocycles. The SMILES string of the molecule is CC1CCCCC1N(C)C1CCN(C(=S)Nc2cccc(Cl)c2)CC1. The van der Waals surface area contributed by atoms with E-state index in [1.807, 2.05) is 24.3 Å². The highest BCUT2D eigenvalue weighted by molar-refractivity contribution is 7.80. The Morgan fingerprint density at radius 1 is 1.20 bits per heavy atom. The van der Waals surface area contributed by atoms with Crippen LogP contribution < -0.4 is 5.32 Å². The van der Waals surface area contributed by atoms with Gasteiger partial charge in [0.2, 0.25) is 0 Å². The number of nitrogens with zero attached hydrogens (tertiary/aromatic N) is 2. The summed E-state index contributed by atoms with van der Waals surface area (Å²) in [5.41, 5.74) is 0.966. The van der Waals surface area contributed by atoms with Gasteiger partial charge >= 0.3 is 0 Å². The topological polar surface area (TPSA) is 18.5 Å². The minimum Gasteiger partial charge on any atom is -0.349 e. The molecule has 25 heavy (non-hydrogen) atoms. The Morgan fingerprint density at radius 2 is 1.92 bits per heavy atom. The molecule has 0 amide bonds. The quantitative estimate of drug-likeness (QED) is 0.743. The van der Waals surface area contributed by atoms with Crippen LogP contribution in [-0.2, 0) is 0 Å². The third kappa shape index (κ3) is 4.87. The lowest BCUT2D eigenvalue weighted by atomic mass is 9.84. The molecule has 0 bridgehead atoms. The van der Waals surface area contributed by atoms with Gasteiger partial charge in [-0.15, -0.1) is 0 Å². The van der Waals surface area contributed by atoms with Crippen LogP contribution in [0.5, 0.6) is 0 Å². The number of likely N-dealkylation sites (tertiary alicyclic amines) is 1. The van der Waals surface area contributed by atoms with Crippen LogP contribution in [0.2, 0.25) is 5.02 Å². The Morgan fingerprint density at radius 3 is 2.60 bits per heavy atom. The van der Waals surface area contributed by atoms with E-state index in [-0.39, 0.29) is 0 Å². The molecule has 0 radical (unpaired) electrons. The highest BCUT2D eigenvalue weighted by Gasteiger charge is 2.31.